The Morgan fingerprint density at radius 2 is 2.17 bits per heavy atom. The molecule has 29 heavy (non-hydrogen) atoms. The highest BCUT2D eigenvalue weighted by Gasteiger charge is 2.35. The lowest BCUT2D eigenvalue weighted by Crippen LogP contribution is -2.31. The van der Waals surface area contributed by atoms with Crippen molar-refractivity contribution in [1.29, 1.82) is 0 Å². The maximum atomic E-state index is 12.8. The van der Waals surface area contributed by atoms with Gasteiger partial charge in [-0.25, -0.2) is 9.80 Å². The summed E-state index contributed by atoms with van der Waals surface area (Å²) in [5.74, 6) is -0.503. The van der Waals surface area contributed by atoms with Crippen LogP contribution in [0.4, 0.5) is 5.69 Å². The van der Waals surface area contributed by atoms with E-state index in [1.54, 1.807) is 29.7 Å². The van der Waals surface area contributed by atoms with Gasteiger partial charge in [0.1, 0.15) is 11.8 Å². The molecule has 2 aromatic heterocycles. The Bertz CT molecular complexity index is 1060. The first kappa shape index (κ1) is 19.2. The molecule has 0 aliphatic carbocycles. The molecule has 1 amide bonds. The van der Waals surface area contributed by atoms with Gasteiger partial charge in [0.25, 0.3) is 5.91 Å². The topological polar surface area (TPSA) is 98.1 Å². The maximum absolute atomic E-state index is 12.8. The third kappa shape index (κ3) is 4.03. The van der Waals surface area contributed by atoms with Crippen molar-refractivity contribution in [2.45, 2.75) is 12.5 Å². The number of hydrazone groups is 1. The van der Waals surface area contributed by atoms with Gasteiger partial charge in [-0.05, 0) is 41.8 Å². The molecular weight excluding hydrogens is 414 g/mol. The Morgan fingerprint density at radius 1 is 1.31 bits per heavy atom. The second-order valence-corrected chi connectivity index (χ2v) is 7.66. The number of ether oxygens (including phenoxy) is 1. The van der Waals surface area contributed by atoms with E-state index in [1.165, 1.54) is 23.2 Å². The lowest BCUT2D eigenvalue weighted by Gasteiger charge is -2.19. The van der Waals surface area contributed by atoms with Gasteiger partial charge in [0, 0.05) is 6.42 Å². The van der Waals surface area contributed by atoms with E-state index in [0.29, 0.717) is 17.2 Å². The van der Waals surface area contributed by atoms with E-state index >= 15 is 0 Å². The Balaban J connectivity index is 1.49. The van der Waals surface area contributed by atoms with Gasteiger partial charge in [-0.1, -0.05) is 17.7 Å². The van der Waals surface area contributed by atoms with Crippen LogP contribution in [-0.2, 0) is 9.53 Å². The third-order valence-corrected chi connectivity index (χ3v) is 5.66. The van der Waals surface area contributed by atoms with Gasteiger partial charge in [0.05, 0.1) is 33.1 Å². The number of halogens is 1. The Hall–Kier alpha value is -3.10. The summed E-state index contributed by atoms with van der Waals surface area (Å²) in [4.78, 5) is 26.0. The zero-order chi connectivity index (χ0) is 20.4. The molecule has 4 rings (SSSR count). The van der Waals surface area contributed by atoms with Crippen molar-refractivity contribution in [3.05, 3.63) is 75.3 Å². The van der Waals surface area contributed by atoms with Crippen molar-refractivity contribution in [1.82, 2.24) is 5.01 Å². The molecule has 0 saturated carbocycles. The maximum Gasteiger partial charge on any atom is 0.338 e. The second kappa shape index (κ2) is 8.10. The number of amides is 1. The third-order valence-electron chi connectivity index (χ3n) is 4.40. The smallest absolute Gasteiger partial charge is 0.338 e. The van der Waals surface area contributed by atoms with Gasteiger partial charge in [0.15, 0.2) is 6.61 Å². The normalized spacial score (nSPS) is 16.0. The van der Waals surface area contributed by atoms with Crippen molar-refractivity contribution in [3.8, 4) is 0 Å². The Kier molecular flexibility index (Phi) is 5.37. The SMILES string of the molecule is Nc1cc(C(=O)OCC(=O)N2N=C(c3cccs3)CC2c2ccco2)ccc1Cl. The van der Waals surface area contributed by atoms with Crippen LogP contribution in [-0.4, -0.2) is 29.2 Å². The monoisotopic (exact) mass is 429 g/mol. The van der Waals surface area contributed by atoms with Crippen molar-refractivity contribution >= 4 is 46.2 Å². The van der Waals surface area contributed by atoms with Gasteiger partial charge >= 0.3 is 5.97 Å². The molecule has 2 N–H and O–H groups in total. The summed E-state index contributed by atoms with van der Waals surface area (Å²) < 4.78 is 10.6. The molecule has 0 saturated heterocycles. The number of nitrogen functional groups attached to an aromatic ring is 1. The molecule has 1 atom stereocenters. The molecule has 1 aliphatic heterocycles. The van der Waals surface area contributed by atoms with E-state index < -0.39 is 18.5 Å². The Labute approximate surface area is 175 Å². The van der Waals surface area contributed by atoms with Gasteiger partial charge in [-0.3, -0.25) is 4.79 Å². The summed E-state index contributed by atoms with van der Waals surface area (Å²) in [7, 11) is 0. The summed E-state index contributed by atoms with van der Waals surface area (Å²) in [5.41, 5.74) is 6.96. The number of carbonyl (C=O) groups is 2. The number of nitrogens with two attached hydrogens (primary N) is 1. The predicted octanol–water partition coefficient (Wildman–Crippen LogP) is 4.11. The van der Waals surface area contributed by atoms with Crippen LogP contribution in [0.2, 0.25) is 5.02 Å². The first-order chi connectivity index (χ1) is 14.0. The quantitative estimate of drug-likeness (QED) is 0.486. The minimum atomic E-state index is -0.669. The number of esters is 1. The van der Waals surface area contributed by atoms with Crippen LogP contribution in [0.5, 0.6) is 0 Å². The average Bonchev–Trinajstić information content (AvgIpc) is 3.48. The summed E-state index contributed by atoms with van der Waals surface area (Å²) in [6.45, 7) is -0.459. The fraction of sp³-hybridized carbons (Fsp3) is 0.150. The van der Waals surface area contributed by atoms with E-state index in [-0.39, 0.29) is 17.3 Å². The number of nitrogens with zero attached hydrogens (tertiary/aromatic N) is 2. The highest BCUT2D eigenvalue weighted by atomic mass is 35.5. The summed E-state index contributed by atoms with van der Waals surface area (Å²) in [5, 5.41) is 8.07. The fourth-order valence-corrected chi connectivity index (χ4v) is 3.82. The van der Waals surface area contributed by atoms with Crippen LogP contribution in [0.15, 0.2) is 63.6 Å². The van der Waals surface area contributed by atoms with E-state index in [2.05, 4.69) is 5.10 Å². The largest absolute Gasteiger partial charge is 0.467 e. The molecule has 1 aromatic carbocycles. The van der Waals surface area contributed by atoms with Crippen LogP contribution in [0, 0.1) is 0 Å². The average molecular weight is 430 g/mol. The standard InChI is InChI=1S/C20H16ClN3O4S/c21-13-6-5-12(9-14(13)22)20(26)28-11-19(25)24-16(17-3-1-7-27-17)10-15(23-24)18-4-2-8-29-18/h1-9,16H,10-11,22H2. The van der Waals surface area contributed by atoms with E-state index in [1.807, 2.05) is 17.5 Å². The van der Waals surface area contributed by atoms with Gasteiger partial charge < -0.3 is 14.9 Å². The second-order valence-electron chi connectivity index (χ2n) is 6.31. The number of carbonyl (C=O) groups excluding carboxylic acids is 2. The lowest BCUT2D eigenvalue weighted by atomic mass is 10.1. The van der Waals surface area contributed by atoms with Gasteiger partial charge in [-0.15, -0.1) is 11.3 Å². The molecule has 0 spiro atoms. The van der Waals surface area contributed by atoms with Gasteiger partial charge in [0.2, 0.25) is 0 Å². The van der Waals surface area contributed by atoms with E-state index in [9.17, 15) is 9.59 Å². The van der Waals surface area contributed by atoms with Crippen LogP contribution in [0.25, 0.3) is 0 Å². The summed E-state index contributed by atoms with van der Waals surface area (Å²) in [6.07, 6.45) is 2.06. The van der Waals surface area contributed by atoms with E-state index in [0.717, 1.165) is 10.6 Å². The number of furan rings is 1. The predicted molar refractivity (Wildman–Crippen MR) is 110 cm³/mol. The molecule has 3 heterocycles. The molecule has 148 valence electrons. The highest BCUT2D eigenvalue weighted by Crippen LogP contribution is 2.34. The van der Waals surface area contributed by atoms with Crippen molar-refractivity contribution in [3.63, 3.8) is 0 Å². The highest BCUT2D eigenvalue weighted by molar-refractivity contribution is 7.12. The van der Waals surface area contributed by atoms with Crippen molar-refractivity contribution < 1.29 is 18.7 Å². The molecule has 0 bridgehead atoms. The summed E-state index contributed by atoms with van der Waals surface area (Å²) >= 11 is 7.40. The van der Waals surface area contributed by atoms with Crippen molar-refractivity contribution in [2.24, 2.45) is 5.10 Å². The molecule has 3 aromatic rings. The molecule has 7 nitrogen and oxygen atoms in total. The molecule has 9 heteroatoms. The number of hydrogen-bond acceptors (Lipinski definition) is 7. The molecular formula is C20H16ClN3O4S. The fourth-order valence-electron chi connectivity index (χ4n) is 2.98. The number of rotatable bonds is 5. The Morgan fingerprint density at radius 3 is 2.86 bits per heavy atom. The number of hydrogen-bond donors (Lipinski definition) is 1. The lowest BCUT2D eigenvalue weighted by molar-refractivity contribution is -0.136. The first-order valence-corrected chi connectivity index (χ1v) is 9.97. The molecule has 0 fully saturated rings. The number of thiophene rings is 1. The minimum Gasteiger partial charge on any atom is -0.467 e. The van der Waals surface area contributed by atoms with Crippen LogP contribution < -0.4 is 5.73 Å². The van der Waals surface area contributed by atoms with Crippen molar-refractivity contribution in [2.75, 3.05) is 12.3 Å². The number of benzene rings is 1. The van der Waals surface area contributed by atoms with Crippen LogP contribution in [0.1, 0.15) is 33.5 Å². The minimum absolute atomic E-state index is 0.214. The zero-order valence-electron chi connectivity index (χ0n) is 15.1. The van der Waals surface area contributed by atoms with Crippen LogP contribution >= 0.6 is 22.9 Å². The number of anilines is 1. The molecule has 0 radical (unpaired) electrons. The molecule has 1 unspecified atom stereocenters. The first-order valence-electron chi connectivity index (χ1n) is 8.72. The van der Waals surface area contributed by atoms with E-state index in [4.69, 9.17) is 26.5 Å². The van der Waals surface area contributed by atoms with Gasteiger partial charge in [-0.2, -0.15) is 5.10 Å². The molecule has 1 aliphatic rings. The zero-order valence-corrected chi connectivity index (χ0v) is 16.7. The summed E-state index contributed by atoms with van der Waals surface area (Å²) in [6, 6.07) is 11.4. The van der Waals surface area contributed by atoms with Crippen LogP contribution in [0.3, 0.4) is 0 Å².